The number of hydrogen-bond acceptors (Lipinski definition) is 5. The van der Waals surface area contributed by atoms with Crippen molar-refractivity contribution in [3.8, 4) is 11.1 Å². The van der Waals surface area contributed by atoms with Gasteiger partial charge in [-0.3, -0.25) is 4.79 Å². The third-order valence-electron chi connectivity index (χ3n) is 7.35. The summed E-state index contributed by atoms with van der Waals surface area (Å²) in [5.41, 5.74) is 6.87. The second kappa shape index (κ2) is 10.1. The van der Waals surface area contributed by atoms with E-state index in [-0.39, 0.29) is 27.8 Å². The smallest absolute Gasteiger partial charge is 0.340 e. The number of fused-ring (bicyclic) bond motifs is 4. The van der Waals surface area contributed by atoms with E-state index in [1.54, 1.807) is 6.07 Å². The van der Waals surface area contributed by atoms with E-state index < -0.39 is 22.6 Å². The van der Waals surface area contributed by atoms with Crippen molar-refractivity contribution in [1.82, 2.24) is 4.31 Å². The molecule has 0 aromatic heterocycles. The standard InChI is InChI=1S/C31H24ClNO5S/c32-29-12-11-25(39(36,37)33-14-13-20-5-1-2-7-24(20)18-33)17-28(29)31(35)38-19-30(34)23-10-9-22-15-21-6-3-4-8-26(21)27(22)16-23/h1-12,16-17H,13-15,18-19H2. The van der Waals surface area contributed by atoms with Crippen LogP contribution in [-0.2, 0) is 34.1 Å². The van der Waals surface area contributed by atoms with Crippen molar-refractivity contribution in [3.63, 3.8) is 0 Å². The average molecular weight is 558 g/mol. The lowest BCUT2D eigenvalue weighted by Gasteiger charge is -2.28. The van der Waals surface area contributed by atoms with Gasteiger partial charge in [-0.1, -0.05) is 72.3 Å². The topological polar surface area (TPSA) is 80.8 Å². The molecule has 1 aliphatic carbocycles. The van der Waals surface area contributed by atoms with Gasteiger partial charge in [0, 0.05) is 18.7 Å². The lowest BCUT2D eigenvalue weighted by Crippen LogP contribution is -2.36. The van der Waals surface area contributed by atoms with E-state index in [0.717, 1.165) is 34.2 Å². The zero-order valence-corrected chi connectivity index (χ0v) is 22.5. The van der Waals surface area contributed by atoms with Crippen molar-refractivity contribution in [3.05, 3.63) is 123 Å². The van der Waals surface area contributed by atoms with Crippen LogP contribution in [0.15, 0.2) is 89.8 Å². The molecule has 0 radical (unpaired) electrons. The Morgan fingerprint density at radius 2 is 1.54 bits per heavy atom. The highest BCUT2D eigenvalue weighted by Crippen LogP contribution is 2.37. The zero-order chi connectivity index (χ0) is 27.1. The minimum Gasteiger partial charge on any atom is -0.454 e. The van der Waals surface area contributed by atoms with Gasteiger partial charge in [0.05, 0.1) is 15.5 Å². The van der Waals surface area contributed by atoms with Crippen LogP contribution in [0.4, 0.5) is 0 Å². The highest BCUT2D eigenvalue weighted by Gasteiger charge is 2.30. The van der Waals surface area contributed by atoms with E-state index in [2.05, 4.69) is 6.07 Å². The number of hydrogen-bond donors (Lipinski definition) is 0. The fourth-order valence-electron chi connectivity index (χ4n) is 5.23. The van der Waals surface area contributed by atoms with Crippen molar-refractivity contribution < 1.29 is 22.7 Å². The fourth-order valence-corrected chi connectivity index (χ4v) is 6.88. The van der Waals surface area contributed by atoms with Gasteiger partial charge in [-0.2, -0.15) is 4.31 Å². The fraction of sp³-hybridized carbons (Fsp3) is 0.161. The van der Waals surface area contributed by atoms with Crippen LogP contribution >= 0.6 is 11.6 Å². The molecule has 1 aliphatic heterocycles. The van der Waals surface area contributed by atoms with Gasteiger partial charge in [-0.25, -0.2) is 13.2 Å². The van der Waals surface area contributed by atoms with Gasteiger partial charge in [0.1, 0.15) is 0 Å². The predicted octanol–water partition coefficient (Wildman–Crippen LogP) is 5.70. The first kappa shape index (κ1) is 25.5. The average Bonchev–Trinajstić information content (AvgIpc) is 3.33. The molecule has 6 rings (SSSR count). The molecule has 0 saturated carbocycles. The van der Waals surface area contributed by atoms with E-state index in [0.29, 0.717) is 18.5 Å². The van der Waals surface area contributed by atoms with E-state index in [1.165, 1.54) is 28.1 Å². The SMILES string of the molecule is O=C(COC(=O)c1cc(S(=O)(=O)N2CCc3ccccc3C2)ccc1Cl)c1ccc2c(c1)-c1ccccc1C2. The number of rotatable bonds is 6. The van der Waals surface area contributed by atoms with Gasteiger partial charge in [0.25, 0.3) is 0 Å². The minimum absolute atomic E-state index is 0.0459. The van der Waals surface area contributed by atoms with Gasteiger partial charge >= 0.3 is 5.97 Å². The van der Waals surface area contributed by atoms with Crippen LogP contribution in [0.5, 0.6) is 0 Å². The Balaban J connectivity index is 1.17. The molecule has 4 aromatic rings. The number of halogens is 1. The molecule has 0 spiro atoms. The summed E-state index contributed by atoms with van der Waals surface area (Å²) in [5, 5.41) is 0.0459. The van der Waals surface area contributed by atoms with Gasteiger partial charge in [-0.05, 0) is 70.5 Å². The molecule has 39 heavy (non-hydrogen) atoms. The number of benzene rings is 4. The number of Topliss-reactive ketones (excluding diaryl/α,β-unsaturated/α-hetero) is 1. The lowest BCUT2D eigenvalue weighted by molar-refractivity contribution is 0.0474. The molecule has 0 unspecified atom stereocenters. The first-order valence-electron chi connectivity index (χ1n) is 12.6. The van der Waals surface area contributed by atoms with Crippen LogP contribution in [0, 0.1) is 0 Å². The molecule has 0 N–H and O–H groups in total. The third kappa shape index (κ3) is 4.78. The maximum atomic E-state index is 13.4. The Kier molecular flexibility index (Phi) is 6.59. The van der Waals surface area contributed by atoms with Crippen molar-refractivity contribution in [2.45, 2.75) is 24.3 Å². The molecule has 2 aliphatic rings. The molecule has 0 fully saturated rings. The summed E-state index contributed by atoms with van der Waals surface area (Å²) in [6.45, 7) is 0.0949. The van der Waals surface area contributed by atoms with Crippen molar-refractivity contribution >= 4 is 33.4 Å². The van der Waals surface area contributed by atoms with Crippen LogP contribution < -0.4 is 0 Å². The van der Waals surface area contributed by atoms with E-state index in [9.17, 15) is 18.0 Å². The van der Waals surface area contributed by atoms with Crippen LogP contribution in [0.1, 0.15) is 43.0 Å². The number of ether oxygens (including phenoxy) is 1. The molecular weight excluding hydrogens is 534 g/mol. The molecule has 6 nitrogen and oxygen atoms in total. The second-order valence-electron chi connectivity index (χ2n) is 9.70. The monoisotopic (exact) mass is 557 g/mol. The van der Waals surface area contributed by atoms with Crippen molar-refractivity contribution in [2.24, 2.45) is 0 Å². The quantitative estimate of drug-likeness (QED) is 0.198. The van der Waals surface area contributed by atoms with Crippen molar-refractivity contribution in [2.75, 3.05) is 13.2 Å². The summed E-state index contributed by atoms with van der Waals surface area (Å²) in [4.78, 5) is 25.7. The molecule has 0 amide bonds. The minimum atomic E-state index is -3.88. The highest BCUT2D eigenvalue weighted by atomic mass is 35.5. The summed E-state index contributed by atoms with van der Waals surface area (Å²) in [7, 11) is -3.88. The van der Waals surface area contributed by atoms with Gasteiger partial charge in [0.2, 0.25) is 10.0 Å². The summed E-state index contributed by atoms with van der Waals surface area (Å²) in [5.74, 6) is -1.22. The van der Waals surface area contributed by atoms with Crippen molar-refractivity contribution in [1.29, 1.82) is 0 Å². The number of nitrogens with zero attached hydrogens (tertiary/aromatic N) is 1. The molecule has 1 heterocycles. The van der Waals surface area contributed by atoms with Crippen LogP contribution in [0.3, 0.4) is 0 Å². The molecule has 8 heteroatoms. The first-order valence-corrected chi connectivity index (χ1v) is 14.4. The summed E-state index contributed by atoms with van der Waals surface area (Å²) < 4.78 is 33.5. The maximum Gasteiger partial charge on any atom is 0.340 e. The molecular formula is C31H24ClNO5S. The second-order valence-corrected chi connectivity index (χ2v) is 12.0. The summed E-state index contributed by atoms with van der Waals surface area (Å²) in [6.07, 6.45) is 1.42. The Morgan fingerprint density at radius 3 is 2.36 bits per heavy atom. The summed E-state index contributed by atoms with van der Waals surface area (Å²) in [6, 6.07) is 25.2. The van der Waals surface area contributed by atoms with Gasteiger partial charge in [-0.15, -0.1) is 0 Å². The Morgan fingerprint density at radius 1 is 0.821 bits per heavy atom. The zero-order valence-electron chi connectivity index (χ0n) is 20.9. The Hall–Kier alpha value is -3.78. The normalized spacial score (nSPS) is 14.3. The van der Waals surface area contributed by atoms with Crippen LogP contribution in [0.25, 0.3) is 11.1 Å². The highest BCUT2D eigenvalue weighted by molar-refractivity contribution is 7.89. The predicted molar refractivity (Wildman–Crippen MR) is 148 cm³/mol. The third-order valence-corrected chi connectivity index (χ3v) is 9.52. The van der Waals surface area contributed by atoms with E-state index in [4.69, 9.17) is 16.3 Å². The number of ketones is 1. The molecule has 4 aromatic carbocycles. The first-order chi connectivity index (χ1) is 18.8. The summed E-state index contributed by atoms with van der Waals surface area (Å²) >= 11 is 6.24. The van der Waals surface area contributed by atoms with Crippen LogP contribution in [0.2, 0.25) is 5.02 Å². The molecule has 196 valence electrons. The molecule has 0 atom stereocenters. The largest absolute Gasteiger partial charge is 0.454 e. The number of esters is 1. The maximum absolute atomic E-state index is 13.4. The van der Waals surface area contributed by atoms with Crippen LogP contribution in [-0.4, -0.2) is 37.6 Å². The van der Waals surface area contributed by atoms with Gasteiger partial charge < -0.3 is 4.74 Å². The Bertz CT molecular complexity index is 1750. The molecule has 0 bridgehead atoms. The van der Waals surface area contributed by atoms with E-state index in [1.807, 2.05) is 54.6 Å². The lowest BCUT2D eigenvalue weighted by atomic mass is 10.0. The number of sulfonamides is 1. The number of carbonyl (C=O) groups is 2. The molecule has 0 saturated heterocycles. The van der Waals surface area contributed by atoms with Gasteiger partial charge in [0.15, 0.2) is 12.4 Å². The number of carbonyl (C=O) groups excluding carboxylic acids is 2. The van der Waals surface area contributed by atoms with E-state index >= 15 is 0 Å². The Labute approximate surface area is 231 Å².